The fourth-order valence-electron chi connectivity index (χ4n) is 4.47. The topological polar surface area (TPSA) is 219 Å². The Hall–Kier alpha value is -5.30. The maximum absolute atomic E-state index is 12.5. The summed E-state index contributed by atoms with van der Waals surface area (Å²) in [7, 11) is 0. The van der Waals surface area contributed by atoms with Crippen LogP contribution in [0.2, 0.25) is 0 Å². The molecule has 0 saturated heterocycles. The third kappa shape index (κ3) is 3.77. The van der Waals surface area contributed by atoms with E-state index in [1.54, 1.807) is 24.3 Å². The van der Waals surface area contributed by atoms with Crippen LogP contribution in [0.25, 0.3) is 0 Å². The quantitative estimate of drug-likeness (QED) is 0.383. The molecule has 2 unspecified atom stereocenters. The van der Waals surface area contributed by atoms with Crippen LogP contribution in [0, 0.1) is 22.7 Å². The first-order valence-electron chi connectivity index (χ1n) is 11.1. The molecule has 0 radical (unpaired) electrons. The number of fused-ring (bicyclic) bond motifs is 2. The zero-order chi connectivity index (χ0) is 27.1. The Morgan fingerprint density at radius 1 is 0.737 bits per heavy atom. The molecule has 12 nitrogen and oxygen atoms in total. The summed E-state index contributed by atoms with van der Waals surface area (Å²) in [4.78, 5) is 25.1. The summed E-state index contributed by atoms with van der Waals surface area (Å²) in [5.74, 6) is -2.86. The Morgan fingerprint density at radius 2 is 1.11 bits per heavy atom. The maximum Gasteiger partial charge on any atom is 0.228 e. The summed E-state index contributed by atoms with van der Waals surface area (Å²) in [6.07, 6.45) is 0. The summed E-state index contributed by atoms with van der Waals surface area (Å²) in [5.41, 5.74) is 11.6. The molecule has 0 fully saturated rings. The van der Waals surface area contributed by atoms with Crippen LogP contribution in [-0.2, 0) is 13.2 Å². The molecule has 2 aliphatic rings. The average molecular weight is 514 g/mol. The maximum atomic E-state index is 12.5. The van der Waals surface area contributed by atoms with Gasteiger partial charge in [-0.3, -0.25) is 9.59 Å². The number of hydrogen-bond acceptors (Lipinski definition) is 12. The molecule has 2 atom stereocenters. The van der Waals surface area contributed by atoms with Crippen molar-refractivity contribution in [2.75, 3.05) is 0 Å². The molecule has 12 heteroatoms. The minimum absolute atomic E-state index is 0.00287. The third-order valence-electron chi connectivity index (χ3n) is 6.17. The minimum Gasteiger partial charge on any atom is -0.458 e. The van der Waals surface area contributed by atoms with Gasteiger partial charge >= 0.3 is 0 Å². The second-order valence-electron chi connectivity index (χ2n) is 8.37. The molecular weight excluding hydrogens is 496 g/mol. The largest absolute Gasteiger partial charge is 0.458 e. The first kappa shape index (κ1) is 24.4. The van der Waals surface area contributed by atoms with E-state index in [0.717, 1.165) is 12.1 Å². The number of aliphatic hydroxyl groups is 2. The summed E-state index contributed by atoms with van der Waals surface area (Å²) in [5, 5.41) is 38.6. The Bertz CT molecular complexity index is 1610. The molecule has 0 aliphatic carbocycles. The molecule has 5 rings (SSSR count). The smallest absolute Gasteiger partial charge is 0.228 e. The van der Waals surface area contributed by atoms with E-state index in [0.29, 0.717) is 11.1 Å². The van der Waals surface area contributed by atoms with Crippen molar-refractivity contribution in [3.63, 3.8) is 0 Å². The lowest BCUT2D eigenvalue weighted by Crippen LogP contribution is -2.26. The molecule has 38 heavy (non-hydrogen) atoms. The van der Waals surface area contributed by atoms with E-state index in [-0.39, 0.29) is 57.5 Å². The lowest BCUT2D eigenvalue weighted by Gasteiger charge is -2.26. The van der Waals surface area contributed by atoms with Crippen molar-refractivity contribution in [1.82, 2.24) is 0 Å². The van der Waals surface area contributed by atoms with E-state index < -0.39 is 35.9 Å². The Labute approximate surface area is 213 Å². The molecular formula is C26H18N4O8. The highest BCUT2D eigenvalue weighted by atomic mass is 16.5. The van der Waals surface area contributed by atoms with Crippen LogP contribution in [0.3, 0.4) is 0 Å². The molecule has 3 aromatic rings. The zero-order valence-electron chi connectivity index (χ0n) is 19.4. The number of benzene rings is 1. The van der Waals surface area contributed by atoms with Crippen molar-refractivity contribution in [3.8, 4) is 23.6 Å². The molecule has 1 aromatic carbocycles. The molecule has 2 aliphatic heterocycles. The second kappa shape index (κ2) is 9.29. The standard InChI is InChI=1S/C26H18N4O8/c27-7-15-19(23-21(37-25(15)29)17(33)5-13(9-31)35-23)11-1-2-12(4-3-11)20-16(8-28)26(30)38-22-18(34)6-14(10-32)36-24(20)22/h1-6,19-20,31-32H,9-10,29-30H2. The molecule has 0 amide bonds. The first-order chi connectivity index (χ1) is 18.3. The molecule has 6 N–H and O–H groups in total. The van der Waals surface area contributed by atoms with Gasteiger partial charge in [-0.25, -0.2) is 0 Å². The van der Waals surface area contributed by atoms with E-state index in [4.69, 9.17) is 29.8 Å². The highest BCUT2D eigenvalue weighted by Crippen LogP contribution is 2.44. The van der Waals surface area contributed by atoms with Gasteiger partial charge in [0, 0.05) is 12.1 Å². The van der Waals surface area contributed by atoms with E-state index in [9.17, 15) is 30.3 Å². The third-order valence-corrected chi connectivity index (χ3v) is 6.17. The number of ether oxygens (including phenoxy) is 2. The van der Waals surface area contributed by atoms with Gasteiger partial charge in [-0.05, 0) is 11.1 Å². The van der Waals surface area contributed by atoms with Crippen LogP contribution in [0.4, 0.5) is 0 Å². The predicted molar refractivity (Wildman–Crippen MR) is 127 cm³/mol. The van der Waals surface area contributed by atoms with Crippen molar-refractivity contribution < 1.29 is 28.5 Å². The molecule has 0 saturated carbocycles. The van der Waals surface area contributed by atoms with Gasteiger partial charge in [-0.2, -0.15) is 10.5 Å². The summed E-state index contributed by atoms with van der Waals surface area (Å²) in [6, 6.07) is 12.5. The van der Waals surface area contributed by atoms with Gasteiger partial charge in [0.15, 0.2) is 11.5 Å². The monoisotopic (exact) mass is 514 g/mol. The summed E-state index contributed by atoms with van der Waals surface area (Å²) >= 11 is 0. The lowest BCUT2D eigenvalue weighted by molar-refractivity contribution is 0.231. The van der Waals surface area contributed by atoms with E-state index >= 15 is 0 Å². The fourth-order valence-corrected chi connectivity index (χ4v) is 4.47. The number of nitrogens with two attached hydrogens (primary N) is 2. The van der Waals surface area contributed by atoms with Crippen LogP contribution in [0.1, 0.15) is 46.0 Å². The lowest BCUT2D eigenvalue weighted by atomic mass is 9.83. The van der Waals surface area contributed by atoms with Gasteiger partial charge in [0.25, 0.3) is 0 Å². The van der Waals surface area contributed by atoms with Crippen LogP contribution < -0.4 is 31.8 Å². The van der Waals surface area contributed by atoms with Crippen molar-refractivity contribution in [3.05, 3.63) is 114 Å². The second-order valence-corrected chi connectivity index (χ2v) is 8.37. The van der Waals surface area contributed by atoms with Crippen LogP contribution >= 0.6 is 0 Å². The summed E-state index contributed by atoms with van der Waals surface area (Å²) in [6.45, 7) is -1.10. The van der Waals surface area contributed by atoms with Crippen LogP contribution in [0.5, 0.6) is 11.5 Å². The zero-order valence-corrected chi connectivity index (χ0v) is 19.4. The van der Waals surface area contributed by atoms with Gasteiger partial charge in [0.1, 0.15) is 48.0 Å². The van der Waals surface area contributed by atoms with Gasteiger partial charge in [0.05, 0.1) is 11.8 Å². The van der Waals surface area contributed by atoms with Gasteiger partial charge in [-0.15, -0.1) is 0 Å². The summed E-state index contributed by atoms with van der Waals surface area (Å²) < 4.78 is 22.1. The van der Waals surface area contributed by atoms with Crippen molar-refractivity contribution >= 4 is 0 Å². The Balaban J connectivity index is 1.66. The fraction of sp³-hybridized carbons (Fsp3) is 0.154. The van der Waals surface area contributed by atoms with E-state index in [1.807, 2.05) is 12.1 Å². The van der Waals surface area contributed by atoms with E-state index in [1.165, 1.54) is 0 Å². The van der Waals surface area contributed by atoms with Crippen molar-refractivity contribution in [2.24, 2.45) is 11.5 Å². The molecule has 190 valence electrons. The minimum atomic E-state index is -0.936. The number of allylic oxidation sites excluding steroid dienone is 2. The van der Waals surface area contributed by atoms with Crippen molar-refractivity contribution in [1.29, 1.82) is 10.5 Å². The van der Waals surface area contributed by atoms with Crippen molar-refractivity contribution in [2.45, 2.75) is 25.0 Å². The Morgan fingerprint density at radius 3 is 1.42 bits per heavy atom. The highest BCUT2D eigenvalue weighted by molar-refractivity contribution is 5.55. The number of rotatable bonds is 4. The van der Waals surface area contributed by atoms with Crippen LogP contribution in [0.15, 0.2) is 77.7 Å². The molecule has 0 spiro atoms. The normalized spacial score (nSPS) is 18.0. The molecule has 0 bridgehead atoms. The van der Waals surface area contributed by atoms with Gasteiger partial charge in [0.2, 0.25) is 34.1 Å². The Kier molecular flexibility index (Phi) is 5.97. The number of aliphatic hydroxyl groups excluding tert-OH is 2. The first-order valence-corrected chi connectivity index (χ1v) is 11.1. The number of nitrogens with zero attached hydrogens (tertiary/aromatic N) is 2. The van der Waals surface area contributed by atoms with Crippen LogP contribution in [-0.4, -0.2) is 10.2 Å². The average Bonchev–Trinajstić information content (AvgIpc) is 2.92. The van der Waals surface area contributed by atoms with E-state index in [2.05, 4.69) is 0 Å². The molecule has 2 aromatic heterocycles. The SMILES string of the molecule is N#CC1=C(N)Oc2c(oc(CO)cc2=O)C1c1ccc(C2C(C#N)=C(N)Oc3c2oc(CO)cc3=O)cc1. The number of nitriles is 2. The predicted octanol–water partition coefficient (Wildman–Crippen LogP) is 1.01. The molecule has 4 heterocycles. The highest BCUT2D eigenvalue weighted by Gasteiger charge is 2.37. The van der Waals surface area contributed by atoms with Gasteiger partial charge in [-0.1, -0.05) is 24.3 Å². The van der Waals surface area contributed by atoms with Gasteiger partial charge < -0.3 is 40.0 Å². The number of hydrogen-bond donors (Lipinski definition) is 4.